The largest absolute Gasteiger partial charge is 0.336 e. The summed E-state index contributed by atoms with van der Waals surface area (Å²) in [4.78, 5) is 21.1. The Balaban J connectivity index is 1.33. The Kier molecular flexibility index (Phi) is 5.89. The van der Waals surface area contributed by atoms with Crippen LogP contribution in [0.4, 0.5) is 8.78 Å². The van der Waals surface area contributed by atoms with Crippen LogP contribution in [0.5, 0.6) is 0 Å². The van der Waals surface area contributed by atoms with Gasteiger partial charge in [0.1, 0.15) is 5.01 Å². The van der Waals surface area contributed by atoms with Crippen molar-refractivity contribution in [3.8, 4) is 10.6 Å². The summed E-state index contributed by atoms with van der Waals surface area (Å²) >= 11 is 7.52. The predicted molar refractivity (Wildman–Crippen MR) is 110 cm³/mol. The highest BCUT2D eigenvalue weighted by molar-refractivity contribution is 7.13. The van der Waals surface area contributed by atoms with Crippen LogP contribution in [0.15, 0.2) is 47.8 Å². The molecule has 1 aliphatic heterocycles. The summed E-state index contributed by atoms with van der Waals surface area (Å²) in [5.74, 6) is -2.23. The van der Waals surface area contributed by atoms with Crippen LogP contribution >= 0.6 is 22.9 Å². The molecule has 1 amide bonds. The van der Waals surface area contributed by atoms with Gasteiger partial charge in [0, 0.05) is 54.3 Å². The fourth-order valence-corrected chi connectivity index (χ4v) is 4.20. The summed E-state index contributed by atoms with van der Waals surface area (Å²) in [6.45, 7) is 3.17. The first-order valence-corrected chi connectivity index (χ1v) is 10.4. The molecule has 0 bridgehead atoms. The van der Waals surface area contributed by atoms with Gasteiger partial charge in [0.05, 0.1) is 5.69 Å². The van der Waals surface area contributed by atoms with Gasteiger partial charge in [0.15, 0.2) is 11.6 Å². The average Bonchev–Trinajstić information content (AvgIpc) is 3.19. The van der Waals surface area contributed by atoms with Crippen molar-refractivity contribution in [2.24, 2.45) is 0 Å². The number of carbonyl (C=O) groups is 1. The van der Waals surface area contributed by atoms with Crippen molar-refractivity contribution in [2.75, 3.05) is 26.2 Å². The summed E-state index contributed by atoms with van der Waals surface area (Å²) in [5, 5.41) is 3.69. The maximum absolute atomic E-state index is 13.4. The molecule has 4 nitrogen and oxygen atoms in total. The van der Waals surface area contributed by atoms with Crippen LogP contribution in [-0.2, 0) is 6.54 Å². The van der Waals surface area contributed by atoms with Crippen molar-refractivity contribution in [1.82, 2.24) is 14.8 Å². The third-order valence-corrected chi connectivity index (χ3v) is 6.05. The SMILES string of the molecule is O=C(c1ccc(F)c(F)c1)N1CCN(Cc2csc(-c3ccc(Cl)cc3)n2)CC1. The molecule has 2 aromatic carbocycles. The third-order valence-electron chi connectivity index (χ3n) is 4.85. The van der Waals surface area contributed by atoms with Gasteiger partial charge in [-0.2, -0.15) is 0 Å². The number of benzene rings is 2. The summed E-state index contributed by atoms with van der Waals surface area (Å²) < 4.78 is 26.5. The molecule has 1 aromatic heterocycles. The van der Waals surface area contributed by atoms with E-state index < -0.39 is 11.6 Å². The Morgan fingerprint density at radius 2 is 1.76 bits per heavy atom. The molecule has 0 spiro atoms. The maximum Gasteiger partial charge on any atom is 0.254 e. The lowest BCUT2D eigenvalue weighted by Gasteiger charge is -2.34. The molecule has 0 N–H and O–H groups in total. The number of rotatable bonds is 4. The van der Waals surface area contributed by atoms with Crippen LogP contribution in [0.25, 0.3) is 10.6 Å². The number of halogens is 3. The fraction of sp³-hybridized carbons (Fsp3) is 0.238. The molecule has 0 saturated carbocycles. The van der Waals surface area contributed by atoms with Gasteiger partial charge in [-0.15, -0.1) is 11.3 Å². The zero-order chi connectivity index (χ0) is 20.4. The second kappa shape index (κ2) is 8.57. The molecule has 150 valence electrons. The summed E-state index contributed by atoms with van der Waals surface area (Å²) in [6.07, 6.45) is 0. The van der Waals surface area contributed by atoms with E-state index in [0.29, 0.717) is 37.7 Å². The van der Waals surface area contributed by atoms with Crippen molar-refractivity contribution in [3.05, 3.63) is 75.8 Å². The van der Waals surface area contributed by atoms with Crippen molar-refractivity contribution in [3.63, 3.8) is 0 Å². The van der Waals surface area contributed by atoms with E-state index >= 15 is 0 Å². The Morgan fingerprint density at radius 1 is 1.03 bits per heavy atom. The molecule has 8 heteroatoms. The highest BCUT2D eigenvalue weighted by Gasteiger charge is 2.23. The number of thiazole rings is 1. The summed E-state index contributed by atoms with van der Waals surface area (Å²) in [7, 11) is 0. The number of piperazine rings is 1. The molecular formula is C21H18ClF2N3OS. The number of carbonyl (C=O) groups excluding carboxylic acids is 1. The van der Waals surface area contributed by atoms with E-state index in [2.05, 4.69) is 4.90 Å². The summed E-state index contributed by atoms with van der Waals surface area (Å²) in [6, 6.07) is 10.9. The second-order valence-corrected chi connectivity index (χ2v) is 8.14. The molecule has 1 saturated heterocycles. The van der Waals surface area contributed by atoms with E-state index in [-0.39, 0.29) is 11.5 Å². The van der Waals surface area contributed by atoms with Gasteiger partial charge in [-0.05, 0) is 30.3 Å². The molecule has 1 aliphatic rings. The molecule has 3 aromatic rings. The molecular weight excluding hydrogens is 416 g/mol. The smallest absolute Gasteiger partial charge is 0.254 e. The van der Waals surface area contributed by atoms with E-state index in [4.69, 9.17) is 16.6 Å². The van der Waals surface area contributed by atoms with Gasteiger partial charge in [-0.3, -0.25) is 9.69 Å². The zero-order valence-electron chi connectivity index (χ0n) is 15.4. The monoisotopic (exact) mass is 433 g/mol. The van der Waals surface area contributed by atoms with Crippen LogP contribution in [0, 0.1) is 11.6 Å². The maximum atomic E-state index is 13.4. The lowest BCUT2D eigenvalue weighted by atomic mass is 10.1. The zero-order valence-corrected chi connectivity index (χ0v) is 17.0. The molecule has 4 rings (SSSR count). The molecule has 0 atom stereocenters. The minimum absolute atomic E-state index is 0.171. The Morgan fingerprint density at radius 3 is 2.45 bits per heavy atom. The second-order valence-electron chi connectivity index (χ2n) is 6.85. The van der Waals surface area contributed by atoms with E-state index in [0.717, 1.165) is 28.4 Å². The van der Waals surface area contributed by atoms with Crippen molar-refractivity contribution >= 4 is 28.8 Å². The van der Waals surface area contributed by atoms with Gasteiger partial charge in [-0.1, -0.05) is 23.7 Å². The van der Waals surface area contributed by atoms with E-state index in [1.165, 1.54) is 6.07 Å². The number of hydrogen-bond acceptors (Lipinski definition) is 4. The molecule has 0 aliphatic carbocycles. The lowest BCUT2D eigenvalue weighted by Crippen LogP contribution is -2.48. The lowest BCUT2D eigenvalue weighted by molar-refractivity contribution is 0.0626. The topological polar surface area (TPSA) is 36.4 Å². The number of aromatic nitrogens is 1. The van der Waals surface area contributed by atoms with Crippen molar-refractivity contribution in [2.45, 2.75) is 6.54 Å². The highest BCUT2D eigenvalue weighted by Crippen LogP contribution is 2.26. The first-order valence-electron chi connectivity index (χ1n) is 9.16. The Hall–Kier alpha value is -2.35. The van der Waals surface area contributed by atoms with Gasteiger partial charge in [-0.25, -0.2) is 13.8 Å². The van der Waals surface area contributed by atoms with Crippen LogP contribution in [0.2, 0.25) is 5.02 Å². The quantitative estimate of drug-likeness (QED) is 0.598. The van der Waals surface area contributed by atoms with Crippen LogP contribution < -0.4 is 0 Å². The van der Waals surface area contributed by atoms with Gasteiger partial charge in [0.2, 0.25) is 0 Å². The minimum atomic E-state index is -1.01. The van der Waals surface area contributed by atoms with Crippen molar-refractivity contribution in [1.29, 1.82) is 0 Å². The molecule has 2 heterocycles. The van der Waals surface area contributed by atoms with Crippen LogP contribution in [-0.4, -0.2) is 46.9 Å². The molecule has 0 unspecified atom stereocenters. The summed E-state index contributed by atoms with van der Waals surface area (Å²) in [5.41, 5.74) is 2.19. The van der Waals surface area contributed by atoms with Crippen LogP contribution in [0.1, 0.15) is 16.1 Å². The van der Waals surface area contributed by atoms with Gasteiger partial charge < -0.3 is 4.90 Å². The van der Waals surface area contributed by atoms with E-state index in [1.54, 1.807) is 16.2 Å². The first kappa shape index (κ1) is 19.9. The predicted octanol–water partition coefficient (Wildman–Crippen LogP) is 4.70. The number of hydrogen-bond donors (Lipinski definition) is 0. The highest BCUT2D eigenvalue weighted by atomic mass is 35.5. The van der Waals surface area contributed by atoms with Crippen LogP contribution in [0.3, 0.4) is 0 Å². The van der Waals surface area contributed by atoms with Crippen molar-refractivity contribution < 1.29 is 13.6 Å². The minimum Gasteiger partial charge on any atom is -0.336 e. The third kappa shape index (κ3) is 4.63. The van der Waals surface area contributed by atoms with Gasteiger partial charge in [0.25, 0.3) is 5.91 Å². The fourth-order valence-electron chi connectivity index (χ4n) is 3.25. The first-order chi connectivity index (χ1) is 14.0. The normalized spacial score (nSPS) is 14.9. The standard InChI is InChI=1S/C21H18ClF2N3OS/c22-16-4-1-14(2-5-16)20-25-17(13-29-20)12-26-7-9-27(10-8-26)21(28)15-3-6-18(23)19(24)11-15/h1-6,11,13H,7-10,12H2. The molecule has 0 radical (unpaired) electrons. The molecule has 1 fully saturated rings. The van der Waals surface area contributed by atoms with Gasteiger partial charge >= 0.3 is 0 Å². The average molecular weight is 434 g/mol. The number of nitrogens with zero attached hydrogens (tertiary/aromatic N) is 3. The van der Waals surface area contributed by atoms with E-state index in [1.807, 2.05) is 29.6 Å². The number of amides is 1. The molecule has 29 heavy (non-hydrogen) atoms. The van der Waals surface area contributed by atoms with E-state index in [9.17, 15) is 13.6 Å². The Labute approximate surface area is 176 Å². The Bertz CT molecular complexity index is 1020.